The molecule has 1 aromatic heterocycles. The second-order valence-corrected chi connectivity index (χ2v) is 4.88. The fourth-order valence-electron chi connectivity index (χ4n) is 1.98. The molecule has 2 aromatic rings. The van der Waals surface area contributed by atoms with E-state index in [2.05, 4.69) is 22.6 Å². The summed E-state index contributed by atoms with van der Waals surface area (Å²) in [7, 11) is 0. The average molecular weight is 284 g/mol. The normalized spacial score (nSPS) is 11.9. The van der Waals surface area contributed by atoms with Gasteiger partial charge >= 0.3 is 0 Å². The minimum Gasteiger partial charge on any atom is -0.273 e. The summed E-state index contributed by atoms with van der Waals surface area (Å²) in [6.07, 6.45) is 3.59. The minimum atomic E-state index is -0.260. The van der Waals surface area contributed by atoms with Crippen molar-refractivity contribution in [2.75, 3.05) is 0 Å². The molecule has 1 heterocycles. The van der Waals surface area contributed by atoms with Gasteiger partial charge in [-0.05, 0) is 37.5 Å². The van der Waals surface area contributed by atoms with Crippen molar-refractivity contribution in [1.29, 1.82) is 0 Å². The summed E-state index contributed by atoms with van der Waals surface area (Å²) in [4.78, 5) is 21.2. The van der Waals surface area contributed by atoms with Gasteiger partial charge in [-0.1, -0.05) is 36.4 Å². The molecule has 4 nitrogen and oxygen atoms in total. The number of amides is 1. The zero-order chi connectivity index (χ0) is 14.9. The van der Waals surface area contributed by atoms with E-state index in [0.29, 0.717) is 6.42 Å². The maximum Gasteiger partial charge on any atom is 0.243 e. The standard InChI is InChI=1S/C17H20N2O2/c1-14(16-11-5-6-13-18-16)21-19-17(20)12-7-10-15-8-3-2-4-9-15/h2-6,8-9,11,13-14H,7,10,12H2,1H3,(H,19,20). The monoisotopic (exact) mass is 284 g/mol. The number of pyridine rings is 1. The number of aromatic nitrogens is 1. The average Bonchev–Trinajstić information content (AvgIpc) is 2.54. The lowest BCUT2D eigenvalue weighted by Gasteiger charge is -2.12. The Kier molecular flexibility index (Phi) is 5.91. The van der Waals surface area contributed by atoms with Gasteiger partial charge in [0.15, 0.2) is 0 Å². The number of hydrogen-bond donors (Lipinski definition) is 1. The van der Waals surface area contributed by atoms with Crippen molar-refractivity contribution in [3.63, 3.8) is 0 Å². The van der Waals surface area contributed by atoms with Gasteiger partial charge in [0.2, 0.25) is 5.91 Å². The van der Waals surface area contributed by atoms with Gasteiger partial charge < -0.3 is 0 Å². The molecule has 0 fully saturated rings. The Morgan fingerprint density at radius 2 is 1.95 bits per heavy atom. The van der Waals surface area contributed by atoms with Crippen LogP contribution in [-0.2, 0) is 16.1 Å². The summed E-state index contributed by atoms with van der Waals surface area (Å²) in [6.45, 7) is 1.85. The van der Waals surface area contributed by atoms with Gasteiger partial charge in [0.05, 0.1) is 5.69 Å². The molecule has 0 saturated heterocycles. The SMILES string of the molecule is CC(ONC(=O)CCCc1ccccc1)c1ccccn1. The fraction of sp³-hybridized carbons (Fsp3) is 0.294. The first-order valence-electron chi connectivity index (χ1n) is 7.15. The molecule has 1 N–H and O–H groups in total. The number of hydroxylamine groups is 1. The van der Waals surface area contributed by atoms with Gasteiger partial charge in [-0.15, -0.1) is 0 Å². The maximum absolute atomic E-state index is 11.7. The summed E-state index contributed by atoms with van der Waals surface area (Å²) in [5.74, 6) is -0.103. The van der Waals surface area contributed by atoms with Crippen LogP contribution in [-0.4, -0.2) is 10.9 Å². The summed E-state index contributed by atoms with van der Waals surface area (Å²) in [6, 6.07) is 15.7. The molecule has 0 bridgehead atoms. The van der Waals surface area contributed by atoms with Crippen molar-refractivity contribution in [1.82, 2.24) is 10.5 Å². The molecule has 0 aliphatic carbocycles. The van der Waals surface area contributed by atoms with Crippen LogP contribution >= 0.6 is 0 Å². The van der Waals surface area contributed by atoms with Crippen LogP contribution < -0.4 is 5.48 Å². The lowest BCUT2D eigenvalue weighted by molar-refractivity contribution is -0.138. The van der Waals surface area contributed by atoms with Gasteiger partial charge in [0.25, 0.3) is 0 Å². The van der Waals surface area contributed by atoms with Crippen molar-refractivity contribution in [3.8, 4) is 0 Å². The smallest absolute Gasteiger partial charge is 0.243 e. The predicted octanol–water partition coefficient (Wildman–Crippen LogP) is 3.21. The molecule has 21 heavy (non-hydrogen) atoms. The molecule has 0 spiro atoms. The Balaban J connectivity index is 1.66. The molecular formula is C17H20N2O2. The van der Waals surface area contributed by atoms with E-state index in [4.69, 9.17) is 4.84 Å². The van der Waals surface area contributed by atoms with Crippen LogP contribution in [0.1, 0.15) is 37.1 Å². The lowest BCUT2D eigenvalue weighted by atomic mass is 10.1. The van der Waals surface area contributed by atoms with Crippen LogP contribution in [0.3, 0.4) is 0 Å². The molecule has 1 aromatic carbocycles. The quantitative estimate of drug-likeness (QED) is 0.794. The largest absolute Gasteiger partial charge is 0.273 e. The molecule has 4 heteroatoms. The third-order valence-electron chi connectivity index (χ3n) is 3.17. The second-order valence-electron chi connectivity index (χ2n) is 4.88. The first-order chi connectivity index (χ1) is 10.3. The number of nitrogens with one attached hydrogen (secondary N) is 1. The number of carbonyl (C=O) groups excluding carboxylic acids is 1. The molecule has 0 aliphatic heterocycles. The van der Waals surface area contributed by atoms with E-state index >= 15 is 0 Å². The number of rotatable bonds is 7. The molecule has 0 saturated carbocycles. The zero-order valence-electron chi connectivity index (χ0n) is 12.2. The van der Waals surface area contributed by atoms with Crippen molar-refractivity contribution in [2.24, 2.45) is 0 Å². The van der Waals surface area contributed by atoms with Gasteiger partial charge in [-0.2, -0.15) is 0 Å². The van der Waals surface area contributed by atoms with E-state index in [9.17, 15) is 4.79 Å². The molecule has 2 rings (SSSR count). The highest BCUT2D eigenvalue weighted by Crippen LogP contribution is 2.11. The number of aryl methyl sites for hydroxylation is 1. The highest BCUT2D eigenvalue weighted by molar-refractivity contribution is 5.74. The summed E-state index contributed by atoms with van der Waals surface area (Å²) < 4.78 is 0. The summed E-state index contributed by atoms with van der Waals surface area (Å²) >= 11 is 0. The summed E-state index contributed by atoms with van der Waals surface area (Å²) in [5, 5.41) is 0. The molecule has 0 radical (unpaired) electrons. The topological polar surface area (TPSA) is 51.2 Å². The van der Waals surface area contributed by atoms with Crippen LogP contribution in [0, 0.1) is 0 Å². The van der Waals surface area contributed by atoms with Crippen LogP contribution in [0.2, 0.25) is 0 Å². The number of hydrogen-bond acceptors (Lipinski definition) is 3. The van der Waals surface area contributed by atoms with Crippen LogP contribution in [0.25, 0.3) is 0 Å². The first-order valence-corrected chi connectivity index (χ1v) is 7.15. The van der Waals surface area contributed by atoms with Crippen LogP contribution in [0.5, 0.6) is 0 Å². The number of carbonyl (C=O) groups is 1. The van der Waals surface area contributed by atoms with Gasteiger partial charge in [0.1, 0.15) is 6.10 Å². The Morgan fingerprint density at radius 3 is 2.67 bits per heavy atom. The van der Waals surface area contributed by atoms with Gasteiger partial charge in [0, 0.05) is 12.6 Å². The van der Waals surface area contributed by atoms with Crippen LogP contribution in [0.4, 0.5) is 0 Å². The number of nitrogens with zero attached hydrogens (tertiary/aromatic N) is 1. The van der Waals surface area contributed by atoms with Gasteiger partial charge in [-0.3, -0.25) is 14.6 Å². The fourth-order valence-corrected chi connectivity index (χ4v) is 1.98. The van der Waals surface area contributed by atoms with E-state index in [0.717, 1.165) is 18.5 Å². The Morgan fingerprint density at radius 1 is 1.19 bits per heavy atom. The zero-order valence-corrected chi connectivity index (χ0v) is 12.2. The summed E-state index contributed by atoms with van der Waals surface area (Å²) in [5.41, 5.74) is 4.53. The number of benzene rings is 1. The van der Waals surface area contributed by atoms with E-state index in [1.165, 1.54) is 5.56 Å². The second kappa shape index (κ2) is 8.17. The Bertz CT molecular complexity index is 543. The predicted molar refractivity (Wildman–Crippen MR) is 81.3 cm³/mol. The van der Waals surface area contributed by atoms with Crippen molar-refractivity contribution in [2.45, 2.75) is 32.3 Å². The third kappa shape index (κ3) is 5.36. The lowest BCUT2D eigenvalue weighted by Crippen LogP contribution is -2.25. The van der Waals surface area contributed by atoms with Gasteiger partial charge in [-0.25, -0.2) is 5.48 Å². The van der Waals surface area contributed by atoms with Crippen molar-refractivity contribution >= 4 is 5.91 Å². The van der Waals surface area contributed by atoms with E-state index in [-0.39, 0.29) is 12.0 Å². The van der Waals surface area contributed by atoms with Crippen molar-refractivity contribution < 1.29 is 9.63 Å². The molecule has 1 atom stereocenters. The minimum absolute atomic E-state index is 0.103. The molecule has 1 amide bonds. The maximum atomic E-state index is 11.7. The molecule has 0 aliphatic rings. The third-order valence-corrected chi connectivity index (χ3v) is 3.17. The molecule has 1 unspecified atom stereocenters. The Hall–Kier alpha value is -2.20. The molecular weight excluding hydrogens is 264 g/mol. The first kappa shape index (κ1) is 15.2. The highest BCUT2D eigenvalue weighted by Gasteiger charge is 2.09. The molecule has 110 valence electrons. The highest BCUT2D eigenvalue weighted by atomic mass is 16.7. The Labute approximate surface area is 125 Å². The van der Waals surface area contributed by atoms with E-state index < -0.39 is 0 Å². The van der Waals surface area contributed by atoms with E-state index in [1.54, 1.807) is 6.20 Å². The van der Waals surface area contributed by atoms with E-state index in [1.807, 2.05) is 43.3 Å². The van der Waals surface area contributed by atoms with Crippen LogP contribution in [0.15, 0.2) is 54.7 Å². The van der Waals surface area contributed by atoms with Crippen molar-refractivity contribution in [3.05, 3.63) is 66.0 Å².